The second-order valence-corrected chi connectivity index (χ2v) is 5.53. The molecule has 0 saturated carbocycles. The van der Waals surface area contributed by atoms with Gasteiger partial charge >= 0.3 is 5.97 Å². The number of carbonyl (C=O) groups is 2. The first kappa shape index (κ1) is 18.1. The predicted octanol–water partition coefficient (Wildman–Crippen LogP) is 3.65. The molecule has 0 heterocycles. The summed E-state index contributed by atoms with van der Waals surface area (Å²) >= 11 is 0. The second kappa shape index (κ2) is 8.01. The molecular formula is C19H17NO5. The Hall–Kier alpha value is -3.28. The van der Waals surface area contributed by atoms with Gasteiger partial charge in [0.1, 0.15) is 0 Å². The van der Waals surface area contributed by atoms with Crippen molar-refractivity contribution in [1.29, 1.82) is 0 Å². The maximum atomic E-state index is 12.1. The lowest BCUT2D eigenvalue weighted by molar-refractivity contribution is -0.384. The number of ether oxygens (including phenoxy) is 1. The van der Waals surface area contributed by atoms with E-state index in [1.165, 1.54) is 24.3 Å². The number of rotatable bonds is 6. The molecule has 0 fully saturated rings. The van der Waals surface area contributed by atoms with Gasteiger partial charge in [0.05, 0.1) is 4.92 Å². The molecule has 6 heteroatoms. The van der Waals surface area contributed by atoms with E-state index in [4.69, 9.17) is 4.74 Å². The summed E-state index contributed by atoms with van der Waals surface area (Å²) in [6.07, 6.45) is 2.53. The van der Waals surface area contributed by atoms with E-state index < -0.39 is 10.9 Å². The summed E-state index contributed by atoms with van der Waals surface area (Å²) in [6, 6.07) is 11.3. The average Bonchev–Trinajstić information content (AvgIpc) is 2.58. The fraction of sp³-hybridized carbons (Fsp3) is 0.158. The quantitative estimate of drug-likeness (QED) is 0.264. The third-order valence-corrected chi connectivity index (χ3v) is 3.52. The molecule has 0 aromatic heterocycles. The highest BCUT2D eigenvalue weighted by Crippen LogP contribution is 2.14. The first-order valence-corrected chi connectivity index (χ1v) is 7.56. The molecule has 0 unspecified atom stereocenters. The van der Waals surface area contributed by atoms with E-state index in [0.717, 1.165) is 17.2 Å². The van der Waals surface area contributed by atoms with Crippen LogP contribution < -0.4 is 0 Å². The number of esters is 1. The first-order chi connectivity index (χ1) is 11.9. The largest absolute Gasteiger partial charge is 0.454 e. The van der Waals surface area contributed by atoms with Gasteiger partial charge in [-0.3, -0.25) is 14.9 Å². The summed E-state index contributed by atoms with van der Waals surface area (Å²) in [5.74, 6) is -0.973. The van der Waals surface area contributed by atoms with E-state index in [1.807, 2.05) is 26.0 Å². The summed E-state index contributed by atoms with van der Waals surface area (Å²) in [6.45, 7) is 3.40. The summed E-state index contributed by atoms with van der Waals surface area (Å²) < 4.78 is 4.93. The number of hydrogen-bond donors (Lipinski definition) is 0. The van der Waals surface area contributed by atoms with Crippen molar-refractivity contribution >= 4 is 23.5 Å². The fourth-order valence-electron chi connectivity index (χ4n) is 2.30. The minimum atomic E-state index is -0.690. The Morgan fingerprint density at radius 2 is 1.92 bits per heavy atom. The van der Waals surface area contributed by atoms with E-state index in [-0.39, 0.29) is 18.1 Å². The van der Waals surface area contributed by atoms with Crippen molar-refractivity contribution < 1.29 is 19.2 Å². The van der Waals surface area contributed by atoms with Gasteiger partial charge in [0.15, 0.2) is 6.61 Å². The van der Waals surface area contributed by atoms with Gasteiger partial charge < -0.3 is 4.74 Å². The van der Waals surface area contributed by atoms with Gasteiger partial charge in [0, 0.05) is 23.8 Å². The Morgan fingerprint density at radius 3 is 2.60 bits per heavy atom. The van der Waals surface area contributed by atoms with Crippen LogP contribution >= 0.6 is 0 Å². The van der Waals surface area contributed by atoms with Crippen LogP contribution in [0.15, 0.2) is 48.5 Å². The predicted molar refractivity (Wildman–Crippen MR) is 93.3 cm³/mol. The van der Waals surface area contributed by atoms with Gasteiger partial charge in [-0.05, 0) is 31.1 Å². The lowest BCUT2D eigenvalue weighted by Gasteiger charge is -2.06. The van der Waals surface area contributed by atoms with E-state index in [0.29, 0.717) is 11.1 Å². The average molecular weight is 339 g/mol. The SMILES string of the molecule is Cc1ccc(C(=O)COC(=O)/C=C/c2cccc([N+](=O)[O-])c2)c(C)c1. The monoisotopic (exact) mass is 339 g/mol. The maximum absolute atomic E-state index is 12.1. The summed E-state index contributed by atoms with van der Waals surface area (Å²) in [7, 11) is 0. The Kier molecular flexibility index (Phi) is 5.79. The smallest absolute Gasteiger partial charge is 0.331 e. The van der Waals surface area contributed by atoms with Crippen molar-refractivity contribution in [1.82, 2.24) is 0 Å². The Balaban J connectivity index is 1.95. The van der Waals surface area contributed by atoms with Crippen LogP contribution in [0.25, 0.3) is 6.08 Å². The number of non-ortho nitro benzene ring substituents is 1. The number of ketones is 1. The lowest BCUT2D eigenvalue weighted by Crippen LogP contribution is -2.13. The summed E-state index contributed by atoms with van der Waals surface area (Å²) in [5, 5.41) is 10.7. The van der Waals surface area contributed by atoms with Crippen molar-refractivity contribution in [2.24, 2.45) is 0 Å². The van der Waals surface area contributed by atoms with Crippen LogP contribution in [0.4, 0.5) is 5.69 Å². The summed E-state index contributed by atoms with van der Waals surface area (Å²) in [5.41, 5.74) is 2.81. The molecular weight excluding hydrogens is 322 g/mol. The standard InChI is InChI=1S/C19H17NO5/c1-13-6-8-17(14(2)10-13)18(21)12-25-19(22)9-7-15-4-3-5-16(11-15)20(23)24/h3-11H,12H2,1-2H3/b9-7+. The third kappa shape index (κ3) is 5.10. The second-order valence-electron chi connectivity index (χ2n) is 5.53. The molecule has 0 spiro atoms. The van der Waals surface area contributed by atoms with Crippen molar-refractivity contribution in [2.45, 2.75) is 13.8 Å². The van der Waals surface area contributed by atoms with Crippen molar-refractivity contribution in [3.8, 4) is 0 Å². The minimum Gasteiger partial charge on any atom is -0.454 e. The zero-order chi connectivity index (χ0) is 18.4. The van der Waals surface area contributed by atoms with Crippen LogP contribution in [-0.2, 0) is 9.53 Å². The zero-order valence-electron chi connectivity index (χ0n) is 13.9. The van der Waals surface area contributed by atoms with Crippen LogP contribution in [0.1, 0.15) is 27.0 Å². The number of carbonyl (C=O) groups excluding carboxylic acids is 2. The molecule has 0 aliphatic carbocycles. The van der Waals surface area contributed by atoms with Gasteiger partial charge in [-0.25, -0.2) is 4.79 Å². The summed E-state index contributed by atoms with van der Waals surface area (Å²) in [4.78, 5) is 34.0. The highest BCUT2D eigenvalue weighted by molar-refractivity contribution is 6.00. The number of hydrogen-bond acceptors (Lipinski definition) is 5. The molecule has 6 nitrogen and oxygen atoms in total. The van der Waals surface area contributed by atoms with Crippen molar-refractivity contribution in [3.63, 3.8) is 0 Å². The molecule has 2 aromatic carbocycles. The molecule has 0 saturated heterocycles. The molecule has 128 valence electrons. The van der Waals surface area contributed by atoms with Crippen LogP contribution in [0.3, 0.4) is 0 Å². The molecule has 2 rings (SSSR count). The van der Waals surface area contributed by atoms with Gasteiger partial charge in [-0.2, -0.15) is 0 Å². The molecule has 0 amide bonds. The van der Waals surface area contributed by atoms with Crippen molar-refractivity contribution in [3.05, 3.63) is 80.9 Å². The number of nitrogens with zero attached hydrogens (tertiary/aromatic N) is 1. The van der Waals surface area contributed by atoms with E-state index in [9.17, 15) is 19.7 Å². The lowest BCUT2D eigenvalue weighted by atomic mass is 10.0. The van der Waals surface area contributed by atoms with Crippen molar-refractivity contribution in [2.75, 3.05) is 6.61 Å². The van der Waals surface area contributed by atoms with Crippen LogP contribution in [0, 0.1) is 24.0 Å². The number of nitro benzene ring substituents is 1. The van der Waals surface area contributed by atoms with E-state index in [2.05, 4.69) is 0 Å². The highest BCUT2D eigenvalue weighted by atomic mass is 16.6. The molecule has 0 atom stereocenters. The van der Waals surface area contributed by atoms with Gasteiger partial charge in [0.2, 0.25) is 5.78 Å². The molecule has 0 aliphatic rings. The first-order valence-electron chi connectivity index (χ1n) is 7.56. The Labute approximate surface area is 144 Å². The number of benzene rings is 2. The zero-order valence-corrected chi connectivity index (χ0v) is 13.9. The van der Waals surface area contributed by atoms with Gasteiger partial charge in [-0.15, -0.1) is 0 Å². The van der Waals surface area contributed by atoms with Crippen LogP contribution in [0.5, 0.6) is 0 Å². The maximum Gasteiger partial charge on any atom is 0.331 e. The van der Waals surface area contributed by atoms with Gasteiger partial charge in [0.25, 0.3) is 5.69 Å². The molecule has 0 radical (unpaired) electrons. The molecule has 25 heavy (non-hydrogen) atoms. The Morgan fingerprint density at radius 1 is 1.16 bits per heavy atom. The van der Waals surface area contributed by atoms with Crippen LogP contribution in [0.2, 0.25) is 0 Å². The topological polar surface area (TPSA) is 86.5 Å². The minimum absolute atomic E-state index is 0.0689. The fourth-order valence-corrected chi connectivity index (χ4v) is 2.30. The molecule has 2 aromatic rings. The number of Topliss-reactive ketones (excluding diaryl/α,β-unsaturated/α-hetero) is 1. The Bertz CT molecular complexity index is 855. The van der Waals surface area contributed by atoms with Crippen LogP contribution in [-0.4, -0.2) is 23.3 Å². The van der Waals surface area contributed by atoms with E-state index >= 15 is 0 Å². The number of nitro groups is 1. The molecule has 0 N–H and O–H groups in total. The normalized spacial score (nSPS) is 10.6. The van der Waals surface area contributed by atoms with E-state index in [1.54, 1.807) is 12.1 Å². The molecule has 0 aliphatic heterocycles. The highest BCUT2D eigenvalue weighted by Gasteiger charge is 2.11. The number of aryl methyl sites for hydroxylation is 2. The molecule has 0 bridgehead atoms. The van der Waals surface area contributed by atoms with Gasteiger partial charge in [-0.1, -0.05) is 35.9 Å². The third-order valence-electron chi connectivity index (χ3n) is 3.52.